The van der Waals surface area contributed by atoms with E-state index in [9.17, 15) is 4.79 Å². The van der Waals surface area contributed by atoms with Crippen LogP contribution in [0.15, 0.2) is 0 Å². The van der Waals surface area contributed by atoms with Gasteiger partial charge in [-0.1, -0.05) is 33.6 Å². The predicted octanol–water partition coefficient (Wildman–Crippen LogP) is 4.68. The van der Waals surface area contributed by atoms with E-state index in [1.807, 2.05) is 0 Å². The van der Waals surface area contributed by atoms with Crippen molar-refractivity contribution in [2.75, 3.05) is 0 Å². The summed E-state index contributed by atoms with van der Waals surface area (Å²) >= 11 is 0. The van der Waals surface area contributed by atoms with Gasteiger partial charge in [0.05, 0.1) is 5.41 Å². The molecule has 5 aliphatic rings. The van der Waals surface area contributed by atoms with Crippen molar-refractivity contribution in [1.82, 2.24) is 5.32 Å². The zero-order valence-corrected chi connectivity index (χ0v) is 14.7. The molecule has 5 fully saturated rings. The van der Waals surface area contributed by atoms with E-state index in [-0.39, 0.29) is 5.41 Å². The van der Waals surface area contributed by atoms with Gasteiger partial charge in [0.15, 0.2) is 0 Å². The van der Waals surface area contributed by atoms with Crippen molar-refractivity contribution in [3.8, 4) is 0 Å². The van der Waals surface area contributed by atoms with Crippen LogP contribution in [0.3, 0.4) is 0 Å². The molecule has 5 aliphatic carbocycles. The summed E-state index contributed by atoms with van der Waals surface area (Å²) in [4.78, 5) is 13.3. The molecular formula is C20H33NO. The largest absolute Gasteiger partial charge is 0.353 e. The number of nitrogens with one attached hydrogen (secondary N) is 1. The first-order valence-corrected chi connectivity index (χ1v) is 9.63. The van der Waals surface area contributed by atoms with Gasteiger partial charge in [0.25, 0.3) is 0 Å². The minimum Gasteiger partial charge on any atom is -0.353 e. The smallest absolute Gasteiger partial charge is 0.226 e. The summed E-state index contributed by atoms with van der Waals surface area (Å²) in [7, 11) is 0. The number of amides is 1. The Morgan fingerprint density at radius 2 is 1.59 bits per heavy atom. The molecule has 5 saturated carbocycles. The lowest BCUT2D eigenvalue weighted by molar-refractivity contribution is -0.171. The first kappa shape index (κ1) is 15.0. The van der Waals surface area contributed by atoms with Gasteiger partial charge in [-0.3, -0.25) is 4.79 Å². The second kappa shape index (κ2) is 4.74. The fourth-order valence-electron chi connectivity index (χ4n) is 7.55. The molecule has 0 aromatic carbocycles. The molecule has 0 aliphatic heterocycles. The number of hydrogen-bond acceptors (Lipinski definition) is 1. The third kappa shape index (κ3) is 2.32. The molecular weight excluding hydrogens is 270 g/mol. The molecule has 0 spiro atoms. The van der Waals surface area contributed by atoms with Gasteiger partial charge in [-0.25, -0.2) is 0 Å². The van der Waals surface area contributed by atoms with Crippen molar-refractivity contribution in [2.45, 2.75) is 91.0 Å². The summed E-state index contributed by atoms with van der Waals surface area (Å²) in [5, 5.41) is 3.52. The quantitative estimate of drug-likeness (QED) is 0.788. The van der Waals surface area contributed by atoms with Crippen LogP contribution in [0.4, 0.5) is 0 Å². The Hall–Kier alpha value is -0.530. The summed E-state index contributed by atoms with van der Waals surface area (Å²) in [5.74, 6) is 1.89. The van der Waals surface area contributed by atoms with Crippen molar-refractivity contribution in [1.29, 1.82) is 0 Å². The van der Waals surface area contributed by atoms with Gasteiger partial charge in [0, 0.05) is 6.04 Å². The van der Waals surface area contributed by atoms with Gasteiger partial charge in [0.1, 0.15) is 0 Å². The van der Waals surface area contributed by atoms with E-state index in [1.54, 1.807) is 0 Å². The normalized spacial score (nSPS) is 53.5. The molecule has 4 bridgehead atoms. The van der Waals surface area contributed by atoms with Crippen LogP contribution in [0.2, 0.25) is 0 Å². The third-order valence-electron chi connectivity index (χ3n) is 7.54. The highest BCUT2D eigenvalue weighted by atomic mass is 16.2. The minimum atomic E-state index is -0.0277. The molecule has 0 aromatic rings. The number of rotatable bonds is 2. The maximum atomic E-state index is 13.3. The average Bonchev–Trinajstić information content (AvgIpc) is 2.37. The fraction of sp³-hybridized carbons (Fsp3) is 0.950. The lowest BCUT2D eigenvalue weighted by Crippen LogP contribution is -2.61. The van der Waals surface area contributed by atoms with Crippen LogP contribution >= 0.6 is 0 Å². The first-order chi connectivity index (χ1) is 10.3. The Balaban J connectivity index is 1.55. The SMILES string of the molecule is C[C@@H]1CCCC[C@H]1NC(=O)C12CC3C[C@@](C)(C1)C[C@@](C)(C3)C2. The van der Waals surface area contributed by atoms with E-state index in [0.29, 0.717) is 28.7 Å². The van der Waals surface area contributed by atoms with E-state index in [1.165, 1.54) is 51.4 Å². The van der Waals surface area contributed by atoms with Crippen molar-refractivity contribution in [3.63, 3.8) is 0 Å². The maximum Gasteiger partial charge on any atom is 0.226 e. The third-order valence-corrected chi connectivity index (χ3v) is 7.54. The Morgan fingerprint density at radius 1 is 0.955 bits per heavy atom. The van der Waals surface area contributed by atoms with Crippen LogP contribution in [0.25, 0.3) is 0 Å². The van der Waals surface area contributed by atoms with Crippen molar-refractivity contribution in [2.24, 2.45) is 28.1 Å². The van der Waals surface area contributed by atoms with E-state index >= 15 is 0 Å². The highest BCUT2D eigenvalue weighted by Crippen LogP contribution is 2.69. The molecule has 2 nitrogen and oxygen atoms in total. The van der Waals surface area contributed by atoms with Crippen LogP contribution in [-0.4, -0.2) is 11.9 Å². The zero-order valence-electron chi connectivity index (χ0n) is 14.7. The van der Waals surface area contributed by atoms with Crippen LogP contribution in [0, 0.1) is 28.1 Å². The molecule has 0 radical (unpaired) electrons. The predicted molar refractivity (Wildman–Crippen MR) is 89.4 cm³/mol. The van der Waals surface area contributed by atoms with E-state index < -0.39 is 0 Å². The maximum absolute atomic E-state index is 13.3. The minimum absolute atomic E-state index is 0.0277. The van der Waals surface area contributed by atoms with E-state index in [4.69, 9.17) is 0 Å². The van der Waals surface area contributed by atoms with Gasteiger partial charge in [-0.05, 0) is 74.0 Å². The summed E-state index contributed by atoms with van der Waals surface area (Å²) in [6.45, 7) is 7.24. The number of hydrogen-bond donors (Lipinski definition) is 1. The number of carbonyl (C=O) groups excluding carboxylic acids is 1. The lowest BCUT2D eigenvalue weighted by atomic mass is 9.40. The lowest BCUT2D eigenvalue weighted by Gasteiger charge is -2.64. The highest BCUT2D eigenvalue weighted by molar-refractivity contribution is 5.83. The Labute approximate surface area is 135 Å². The summed E-state index contributed by atoms with van der Waals surface area (Å²) in [6, 6.07) is 0.440. The molecule has 0 aromatic heterocycles. The summed E-state index contributed by atoms with van der Waals surface area (Å²) in [5.41, 5.74) is 0.841. The van der Waals surface area contributed by atoms with Gasteiger partial charge in [0.2, 0.25) is 5.91 Å². The van der Waals surface area contributed by atoms with Gasteiger partial charge >= 0.3 is 0 Å². The van der Waals surface area contributed by atoms with E-state index in [2.05, 4.69) is 26.1 Å². The Kier molecular flexibility index (Phi) is 3.24. The molecule has 124 valence electrons. The molecule has 0 unspecified atom stereocenters. The first-order valence-electron chi connectivity index (χ1n) is 9.63. The van der Waals surface area contributed by atoms with Crippen LogP contribution in [0.5, 0.6) is 0 Å². The second-order valence-corrected chi connectivity index (χ2v) is 10.3. The summed E-state index contributed by atoms with van der Waals surface area (Å²) in [6.07, 6.45) is 12.7. The molecule has 22 heavy (non-hydrogen) atoms. The molecule has 0 heterocycles. The van der Waals surface area contributed by atoms with Crippen molar-refractivity contribution >= 4 is 5.91 Å². The summed E-state index contributed by atoms with van der Waals surface area (Å²) < 4.78 is 0. The van der Waals surface area contributed by atoms with Crippen LogP contribution in [-0.2, 0) is 4.79 Å². The van der Waals surface area contributed by atoms with Gasteiger partial charge in [-0.15, -0.1) is 0 Å². The second-order valence-electron chi connectivity index (χ2n) is 10.3. The van der Waals surface area contributed by atoms with Crippen LogP contribution in [0.1, 0.15) is 85.0 Å². The average molecular weight is 303 g/mol. The van der Waals surface area contributed by atoms with Crippen LogP contribution < -0.4 is 5.32 Å². The van der Waals surface area contributed by atoms with Gasteiger partial charge in [-0.2, -0.15) is 0 Å². The molecule has 5 rings (SSSR count). The zero-order chi connectivity index (χ0) is 15.6. The number of carbonyl (C=O) groups is 1. The van der Waals surface area contributed by atoms with E-state index in [0.717, 1.165) is 18.8 Å². The monoisotopic (exact) mass is 303 g/mol. The topological polar surface area (TPSA) is 29.1 Å². The molecule has 0 saturated heterocycles. The molecule has 2 heteroatoms. The Bertz CT molecular complexity index is 466. The van der Waals surface area contributed by atoms with Gasteiger partial charge < -0.3 is 5.32 Å². The van der Waals surface area contributed by atoms with Crippen molar-refractivity contribution in [3.05, 3.63) is 0 Å². The molecule has 1 N–H and O–H groups in total. The molecule has 4 atom stereocenters. The fourth-order valence-corrected chi connectivity index (χ4v) is 7.55. The standard InChI is InChI=1S/C20H33NO/c1-14-6-4-5-7-16(14)21-17(22)20-10-15-8-18(2,12-20)11-19(3,9-15)13-20/h14-16H,4-13H2,1-3H3,(H,21,22)/t14-,15?,16-,18-,19-,20?/m1/s1. The highest BCUT2D eigenvalue weighted by Gasteiger charge is 2.62. The van der Waals surface area contributed by atoms with Crippen molar-refractivity contribution < 1.29 is 4.79 Å². The Morgan fingerprint density at radius 3 is 2.18 bits per heavy atom. The molecule has 1 amide bonds.